The molecule has 1 N–H and O–H groups in total. The van der Waals surface area contributed by atoms with Crippen molar-refractivity contribution in [3.8, 4) is 5.75 Å². The lowest BCUT2D eigenvalue weighted by molar-refractivity contribution is 0.104. The van der Waals surface area contributed by atoms with Crippen LogP contribution >= 0.6 is 0 Å². The molecule has 0 amide bonds. The Hall–Kier alpha value is -2.68. The lowest BCUT2D eigenvalue weighted by Gasteiger charge is -2.37. The van der Waals surface area contributed by atoms with Gasteiger partial charge in [-0.05, 0) is 54.3 Å². The highest BCUT2D eigenvalue weighted by molar-refractivity contribution is 6.28. The molecule has 2 aromatic rings. The number of aliphatic imine (C=N–C) groups is 1. The van der Waals surface area contributed by atoms with E-state index in [4.69, 9.17) is 4.99 Å². The minimum atomic E-state index is -0.394. The Bertz CT molecular complexity index is 993. The molecular weight excluding hydrogens is 310 g/mol. The lowest BCUT2D eigenvalue weighted by Crippen LogP contribution is -2.33. The standard InChI is InChI=1S/C22H21NO2/c1-5-13-9-18-16(10-19(13)24)22(3,4)17-11-20(25)15-8-12(2)6-7-14(15)21(17)23-18/h6-11,24H,5H2,1-4H3. The lowest BCUT2D eigenvalue weighted by atomic mass is 9.68. The Morgan fingerprint density at radius 3 is 2.60 bits per heavy atom. The van der Waals surface area contributed by atoms with Gasteiger partial charge in [0.2, 0.25) is 0 Å². The van der Waals surface area contributed by atoms with Gasteiger partial charge in [-0.15, -0.1) is 0 Å². The molecule has 2 aromatic carbocycles. The summed E-state index contributed by atoms with van der Waals surface area (Å²) in [7, 11) is 0. The number of ketones is 1. The van der Waals surface area contributed by atoms with E-state index < -0.39 is 5.41 Å². The summed E-state index contributed by atoms with van der Waals surface area (Å²) in [6.45, 7) is 8.18. The Balaban J connectivity index is 2.04. The molecule has 0 saturated heterocycles. The molecule has 3 nitrogen and oxygen atoms in total. The summed E-state index contributed by atoms with van der Waals surface area (Å²) in [5.41, 5.74) is 6.82. The normalized spacial score (nSPS) is 17.2. The van der Waals surface area contributed by atoms with Crippen molar-refractivity contribution >= 4 is 17.2 Å². The van der Waals surface area contributed by atoms with E-state index in [1.54, 1.807) is 6.08 Å². The third kappa shape index (κ3) is 2.19. The van der Waals surface area contributed by atoms with E-state index >= 15 is 0 Å². The molecule has 0 spiro atoms. The monoisotopic (exact) mass is 331 g/mol. The zero-order valence-corrected chi connectivity index (χ0v) is 15.0. The van der Waals surface area contributed by atoms with Crippen LogP contribution in [0.15, 0.2) is 47.0 Å². The molecule has 4 rings (SSSR count). The topological polar surface area (TPSA) is 49.7 Å². The van der Waals surface area contributed by atoms with Gasteiger partial charge in [0.05, 0.1) is 11.4 Å². The van der Waals surface area contributed by atoms with Crippen LogP contribution < -0.4 is 0 Å². The first kappa shape index (κ1) is 15.8. The van der Waals surface area contributed by atoms with Crippen LogP contribution in [0.5, 0.6) is 5.75 Å². The first-order valence-electron chi connectivity index (χ1n) is 8.66. The second kappa shape index (κ2) is 5.16. The average Bonchev–Trinajstić information content (AvgIpc) is 2.57. The number of hydrogen-bond donors (Lipinski definition) is 1. The largest absolute Gasteiger partial charge is 0.508 e. The van der Waals surface area contributed by atoms with Gasteiger partial charge in [-0.1, -0.05) is 38.5 Å². The molecule has 0 bridgehead atoms. The van der Waals surface area contributed by atoms with Crippen LogP contribution in [0.1, 0.15) is 53.4 Å². The number of hydrogen-bond acceptors (Lipinski definition) is 3. The van der Waals surface area contributed by atoms with Crippen LogP contribution in [0.2, 0.25) is 0 Å². The van der Waals surface area contributed by atoms with Gasteiger partial charge in [-0.2, -0.15) is 0 Å². The maximum Gasteiger partial charge on any atom is 0.186 e. The van der Waals surface area contributed by atoms with Crippen LogP contribution in [0.3, 0.4) is 0 Å². The van der Waals surface area contributed by atoms with Crippen LogP contribution in [0, 0.1) is 6.92 Å². The maximum absolute atomic E-state index is 12.7. The Morgan fingerprint density at radius 2 is 1.88 bits per heavy atom. The first-order chi connectivity index (χ1) is 11.8. The van der Waals surface area contributed by atoms with Gasteiger partial charge in [0.25, 0.3) is 0 Å². The number of aromatic hydroxyl groups is 1. The number of carbonyl (C=O) groups is 1. The maximum atomic E-state index is 12.7. The molecule has 126 valence electrons. The van der Waals surface area contributed by atoms with Gasteiger partial charge in [-0.25, -0.2) is 4.99 Å². The van der Waals surface area contributed by atoms with Crippen molar-refractivity contribution in [2.45, 2.75) is 39.5 Å². The summed E-state index contributed by atoms with van der Waals surface area (Å²) in [6, 6.07) is 9.74. The smallest absolute Gasteiger partial charge is 0.186 e. The van der Waals surface area contributed by atoms with E-state index in [-0.39, 0.29) is 5.78 Å². The number of allylic oxidation sites excluding steroid dienone is 2. The van der Waals surface area contributed by atoms with Gasteiger partial charge >= 0.3 is 0 Å². The second-order valence-corrected chi connectivity index (χ2v) is 7.41. The number of rotatable bonds is 1. The first-order valence-corrected chi connectivity index (χ1v) is 8.66. The van der Waals surface area contributed by atoms with Crippen molar-refractivity contribution in [3.63, 3.8) is 0 Å². The van der Waals surface area contributed by atoms with Gasteiger partial charge in [0, 0.05) is 16.5 Å². The quantitative estimate of drug-likeness (QED) is 0.816. The predicted molar refractivity (Wildman–Crippen MR) is 100 cm³/mol. The van der Waals surface area contributed by atoms with Gasteiger partial charge < -0.3 is 5.11 Å². The molecule has 0 radical (unpaired) electrons. The fraction of sp³-hybridized carbons (Fsp3) is 0.273. The van der Waals surface area contributed by atoms with Crippen LogP contribution in [0.25, 0.3) is 0 Å². The van der Waals surface area contributed by atoms with Gasteiger partial charge in [0.15, 0.2) is 5.78 Å². The second-order valence-electron chi connectivity index (χ2n) is 7.41. The van der Waals surface area contributed by atoms with Crippen molar-refractivity contribution in [3.05, 3.63) is 69.8 Å². The molecule has 1 aliphatic heterocycles. The highest BCUT2D eigenvalue weighted by Gasteiger charge is 2.39. The van der Waals surface area contributed by atoms with Crippen LogP contribution in [-0.4, -0.2) is 16.6 Å². The number of phenols is 1. The number of aryl methyl sites for hydroxylation is 2. The van der Waals surface area contributed by atoms with Crippen molar-refractivity contribution in [2.24, 2.45) is 4.99 Å². The summed E-state index contributed by atoms with van der Waals surface area (Å²) < 4.78 is 0. The highest BCUT2D eigenvalue weighted by atomic mass is 16.3. The Morgan fingerprint density at radius 1 is 1.12 bits per heavy atom. The van der Waals surface area contributed by atoms with Gasteiger partial charge in [0.1, 0.15) is 5.75 Å². The molecule has 0 unspecified atom stereocenters. The molecule has 0 fully saturated rings. The summed E-state index contributed by atoms with van der Waals surface area (Å²) in [5.74, 6) is 0.324. The molecule has 0 atom stereocenters. The molecule has 1 heterocycles. The van der Waals surface area contributed by atoms with E-state index in [2.05, 4.69) is 13.8 Å². The van der Waals surface area contributed by atoms with Crippen LogP contribution in [-0.2, 0) is 11.8 Å². The van der Waals surface area contributed by atoms with E-state index in [0.717, 1.165) is 51.2 Å². The molecule has 1 aliphatic carbocycles. The van der Waals surface area contributed by atoms with Crippen molar-refractivity contribution in [2.75, 3.05) is 0 Å². The zero-order valence-electron chi connectivity index (χ0n) is 15.0. The molecule has 0 saturated carbocycles. The number of phenolic OH excluding ortho intramolecular Hbond substituents is 1. The summed E-state index contributed by atoms with van der Waals surface area (Å²) in [5, 5.41) is 10.3. The summed E-state index contributed by atoms with van der Waals surface area (Å²) >= 11 is 0. The molecule has 3 heteroatoms. The molecule has 2 aliphatic rings. The highest BCUT2D eigenvalue weighted by Crippen LogP contribution is 2.47. The SMILES string of the molecule is CCc1cc2c(cc1O)C(C)(C)C1=CC(=O)c3cc(C)ccc3C1=N2. The van der Waals surface area contributed by atoms with E-state index in [1.165, 1.54) is 0 Å². The van der Waals surface area contributed by atoms with E-state index in [9.17, 15) is 9.90 Å². The minimum absolute atomic E-state index is 0.0265. The number of fused-ring (bicyclic) bond motifs is 4. The minimum Gasteiger partial charge on any atom is -0.508 e. The number of benzene rings is 2. The zero-order chi connectivity index (χ0) is 17.9. The van der Waals surface area contributed by atoms with E-state index in [1.807, 2.05) is 44.2 Å². The van der Waals surface area contributed by atoms with Crippen molar-refractivity contribution in [1.29, 1.82) is 0 Å². The Kier molecular flexibility index (Phi) is 3.26. The van der Waals surface area contributed by atoms with Gasteiger partial charge in [-0.3, -0.25) is 4.79 Å². The average molecular weight is 331 g/mol. The molecule has 0 aromatic heterocycles. The van der Waals surface area contributed by atoms with E-state index in [0.29, 0.717) is 5.75 Å². The van der Waals surface area contributed by atoms with Crippen molar-refractivity contribution in [1.82, 2.24) is 0 Å². The Labute approximate surface area is 147 Å². The summed E-state index contributed by atoms with van der Waals surface area (Å²) in [6.07, 6.45) is 2.47. The molecular formula is C22H21NO2. The number of nitrogens with zero attached hydrogens (tertiary/aromatic N) is 1. The van der Waals surface area contributed by atoms with Crippen molar-refractivity contribution < 1.29 is 9.90 Å². The van der Waals surface area contributed by atoms with Crippen LogP contribution in [0.4, 0.5) is 5.69 Å². The fourth-order valence-corrected chi connectivity index (χ4v) is 3.85. The third-order valence-corrected chi connectivity index (χ3v) is 5.38. The number of carbonyl (C=O) groups excluding carboxylic acids is 1. The summed E-state index contributed by atoms with van der Waals surface area (Å²) in [4.78, 5) is 17.6. The fourth-order valence-electron chi connectivity index (χ4n) is 3.85. The predicted octanol–water partition coefficient (Wildman–Crippen LogP) is 4.80. The third-order valence-electron chi connectivity index (χ3n) is 5.38. The molecule has 25 heavy (non-hydrogen) atoms.